The second-order valence-corrected chi connectivity index (χ2v) is 9.51. The SMILES string of the molecule is CCCCCCCCCCCCCCCCNC(=O)CNc1ccc(C(=O)NC(C)C)cc1. The molecule has 5 nitrogen and oxygen atoms in total. The van der Waals surface area contributed by atoms with Crippen molar-refractivity contribution in [3.8, 4) is 0 Å². The number of unbranched alkanes of at least 4 members (excludes halogenated alkanes) is 13. The van der Waals surface area contributed by atoms with E-state index in [2.05, 4.69) is 22.9 Å². The maximum Gasteiger partial charge on any atom is 0.251 e. The Balaban J connectivity index is 1.94. The monoisotopic (exact) mass is 459 g/mol. The third kappa shape index (κ3) is 16.3. The molecule has 3 N–H and O–H groups in total. The molecule has 5 heteroatoms. The molecule has 0 aliphatic heterocycles. The van der Waals surface area contributed by atoms with Gasteiger partial charge in [0.25, 0.3) is 5.91 Å². The minimum Gasteiger partial charge on any atom is -0.376 e. The molecule has 0 bridgehead atoms. The highest BCUT2D eigenvalue weighted by Crippen LogP contribution is 2.13. The summed E-state index contributed by atoms with van der Waals surface area (Å²) in [5.41, 5.74) is 1.46. The standard InChI is InChI=1S/C28H49N3O2/c1-4-5-6-7-8-9-10-11-12-13-14-15-16-17-22-29-27(32)23-30-26-20-18-25(19-21-26)28(33)31-24(2)3/h18-21,24,30H,4-17,22-23H2,1-3H3,(H,29,32)(H,31,33). The molecule has 0 radical (unpaired) electrons. The van der Waals surface area contributed by atoms with Crippen molar-refractivity contribution in [2.24, 2.45) is 0 Å². The highest BCUT2D eigenvalue weighted by atomic mass is 16.2. The number of carbonyl (C=O) groups is 2. The number of rotatable bonds is 20. The maximum absolute atomic E-state index is 12.0. The second-order valence-electron chi connectivity index (χ2n) is 9.51. The van der Waals surface area contributed by atoms with Gasteiger partial charge < -0.3 is 16.0 Å². The van der Waals surface area contributed by atoms with E-state index in [0.717, 1.165) is 18.7 Å². The van der Waals surface area contributed by atoms with Crippen LogP contribution in [0.25, 0.3) is 0 Å². The van der Waals surface area contributed by atoms with Gasteiger partial charge in [0.05, 0.1) is 6.54 Å². The Morgan fingerprint density at radius 2 is 1.21 bits per heavy atom. The Morgan fingerprint density at radius 1 is 0.727 bits per heavy atom. The Kier molecular flexibility index (Phi) is 17.1. The van der Waals surface area contributed by atoms with E-state index >= 15 is 0 Å². The van der Waals surface area contributed by atoms with Crippen molar-refractivity contribution in [3.63, 3.8) is 0 Å². The van der Waals surface area contributed by atoms with E-state index in [1.54, 1.807) is 12.1 Å². The van der Waals surface area contributed by atoms with Gasteiger partial charge in [0.1, 0.15) is 0 Å². The first-order valence-corrected chi connectivity index (χ1v) is 13.4. The molecule has 0 atom stereocenters. The van der Waals surface area contributed by atoms with Gasteiger partial charge in [-0.3, -0.25) is 9.59 Å². The van der Waals surface area contributed by atoms with Crippen molar-refractivity contribution in [2.45, 2.75) is 117 Å². The molecular formula is C28H49N3O2. The lowest BCUT2D eigenvalue weighted by molar-refractivity contribution is -0.119. The molecule has 2 amide bonds. The third-order valence-corrected chi connectivity index (χ3v) is 5.87. The van der Waals surface area contributed by atoms with Crippen LogP contribution in [0.3, 0.4) is 0 Å². The summed E-state index contributed by atoms with van der Waals surface area (Å²) in [6.07, 6.45) is 18.8. The van der Waals surface area contributed by atoms with E-state index in [9.17, 15) is 9.59 Å². The number of benzene rings is 1. The summed E-state index contributed by atoms with van der Waals surface area (Å²) in [7, 11) is 0. The Labute approximate surface area is 202 Å². The first kappa shape index (κ1) is 29.0. The van der Waals surface area contributed by atoms with Crippen LogP contribution < -0.4 is 16.0 Å². The summed E-state index contributed by atoms with van der Waals surface area (Å²) in [6.45, 7) is 7.13. The van der Waals surface area contributed by atoms with Gasteiger partial charge in [-0.15, -0.1) is 0 Å². The van der Waals surface area contributed by atoms with Crippen LogP contribution in [-0.2, 0) is 4.79 Å². The fourth-order valence-electron chi connectivity index (χ4n) is 3.88. The quantitative estimate of drug-likeness (QED) is 0.187. The van der Waals surface area contributed by atoms with Gasteiger partial charge in [-0.05, 0) is 44.5 Å². The molecule has 1 aromatic rings. The number of hydrogen-bond donors (Lipinski definition) is 3. The van der Waals surface area contributed by atoms with E-state index in [1.165, 1.54) is 83.5 Å². The molecule has 0 aliphatic rings. The topological polar surface area (TPSA) is 70.2 Å². The minimum atomic E-state index is -0.0811. The van der Waals surface area contributed by atoms with Crippen LogP contribution in [0, 0.1) is 0 Å². The van der Waals surface area contributed by atoms with Crippen molar-refractivity contribution in [1.29, 1.82) is 0 Å². The molecule has 0 heterocycles. The molecule has 0 aromatic heterocycles. The molecule has 188 valence electrons. The van der Waals surface area contributed by atoms with E-state index < -0.39 is 0 Å². The van der Waals surface area contributed by atoms with Crippen LogP contribution in [0.5, 0.6) is 0 Å². The minimum absolute atomic E-state index is 0.00585. The van der Waals surface area contributed by atoms with Crippen molar-refractivity contribution in [2.75, 3.05) is 18.4 Å². The lowest BCUT2D eigenvalue weighted by atomic mass is 10.0. The van der Waals surface area contributed by atoms with Crippen molar-refractivity contribution in [1.82, 2.24) is 10.6 Å². The third-order valence-electron chi connectivity index (χ3n) is 5.87. The predicted octanol–water partition coefficient (Wildman–Crippen LogP) is 6.83. The summed E-state index contributed by atoms with van der Waals surface area (Å²) in [4.78, 5) is 24.0. The molecule has 1 aromatic carbocycles. The van der Waals surface area contributed by atoms with Crippen molar-refractivity contribution < 1.29 is 9.59 Å². The Hall–Kier alpha value is -2.04. The normalized spacial score (nSPS) is 10.9. The van der Waals surface area contributed by atoms with E-state index in [-0.39, 0.29) is 24.4 Å². The molecule has 33 heavy (non-hydrogen) atoms. The Morgan fingerprint density at radius 3 is 1.70 bits per heavy atom. The highest BCUT2D eigenvalue weighted by Gasteiger charge is 2.07. The number of carbonyl (C=O) groups excluding carboxylic acids is 2. The van der Waals surface area contributed by atoms with Gasteiger partial charge in [0.2, 0.25) is 5.91 Å². The smallest absolute Gasteiger partial charge is 0.251 e. The highest BCUT2D eigenvalue weighted by molar-refractivity contribution is 5.94. The van der Waals surface area contributed by atoms with Crippen LogP contribution in [0.2, 0.25) is 0 Å². The largest absolute Gasteiger partial charge is 0.376 e. The molecule has 0 aliphatic carbocycles. The lowest BCUT2D eigenvalue weighted by Crippen LogP contribution is -2.31. The first-order chi connectivity index (χ1) is 16.0. The van der Waals surface area contributed by atoms with Gasteiger partial charge in [-0.25, -0.2) is 0 Å². The number of nitrogens with one attached hydrogen (secondary N) is 3. The van der Waals surface area contributed by atoms with Crippen LogP contribution in [-0.4, -0.2) is 30.9 Å². The van der Waals surface area contributed by atoms with Gasteiger partial charge in [0.15, 0.2) is 0 Å². The number of hydrogen-bond acceptors (Lipinski definition) is 3. The molecule has 1 rings (SSSR count). The first-order valence-electron chi connectivity index (χ1n) is 13.4. The van der Waals surface area contributed by atoms with Gasteiger partial charge in [-0.1, -0.05) is 90.4 Å². The van der Waals surface area contributed by atoms with E-state index in [0.29, 0.717) is 5.56 Å². The lowest BCUT2D eigenvalue weighted by Gasteiger charge is -2.10. The average molecular weight is 460 g/mol. The van der Waals surface area contributed by atoms with Crippen LogP contribution in [0.4, 0.5) is 5.69 Å². The van der Waals surface area contributed by atoms with Crippen molar-refractivity contribution in [3.05, 3.63) is 29.8 Å². The summed E-state index contributed by atoms with van der Waals surface area (Å²) < 4.78 is 0. The van der Waals surface area contributed by atoms with Crippen molar-refractivity contribution >= 4 is 17.5 Å². The van der Waals surface area contributed by atoms with E-state index in [4.69, 9.17) is 0 Å². The summed E-state index contributed by atoms with van der Waals surface area (Å²) in [5, 5.41) is 8.96. The fourth-order valence-corrected chi connectivity index (χ4v) is 3.88. The Bertz CT molecular complexity index is 629. The summed E-state index contributed by atoms with van der Waals surface area (Å²) in [5.74, 6) is -0.0752. The van der Waals surface area contributed by atoms with Crippen LogP contribution >= 0.6 is 0 Å². The van der Waals surface area contributed by atoms with E-state index in [1.807, 2.05) is 26.0 Å². The zero-order chi connectivity index (χ0) is 24.2. The zero-order valence-corrected chi connectivity index (χ0v) is 21.5. The predicted molar refractivity (Wildman–Crippen MR) is 141 cm³/mol. The molecule has 0 saturated heterocycles. The van der Waals surface area contributed by atoms with Gasteiger partial charge in [0, 0.05) is 23.8 Å². The fraction of sp³-hybridized carbons (Fsp3) is 0.714. The molecular weight excluding hydrogens is 410 g/mol. The van der Waals surface area contributed by atoms with Crippen LogP contribution in [0.1, 0.15) is 121 Å². The number of amides is 2. The average Bonchev–Trinajstić information content (AvgIpc) is 2.80. The molecule has 0 spiro atoms. The number of anilines is 1. The summed E-state index contributed by atoms with van der Waals surface area (Å²) in [6, 6.07) is 7.31. The second kappa shape index (κ2) is 19.4. The maximum atomic E-state index is 12.0. The summed E-state index contributed by atoms with van der Waals surface area (Å²) >= 11 is 0. The van der Waals surface area contributed by atoms with Gasteiger partial charge in [-0.2, -0.15) is 0 Å². The zero-order valence-electron chi connectivity index (χ0n) is 21.5. The van der Waals surface area contributed by atoms with Gasteiger partial charge >= 0.3 is 0 Å². The molecule has 0 saturated carbocycles. The molecule has 0 unspecified atom stereocenters. The van der Waals surface area contributed by atoms with Crippen LogP contribution in [0.15, 0.2) is 24.3 Å². The molecule has 0 fully saturated rings.